The van der Waals surface area contributed by atoms with Crippen molar-refractivity contribution < 1.29 is 14.3 Å². The zero-order valence-electron chi connectivity index (χ0n) is 8.43. The molecule has 3 nitrogen and oxygen atoms in total. The molecule has 0 aliphatic carbocycles. The first-order chi connectivity index (χ1) is 7.29. The van der Waals surface area contributed by atoms with Crippen LogP contribution in [-0.4, -0.2) is 24.6 Å². The lowest BCUT2D eigenvalue weighted by Crippen LogP contribution is -2.20. The van der Waals surface area contributed by atoms with E-state index in [0.717, 1.165) is 17.1 Å². The van der Waals surface area contributed by atoms with Crippen molar-refractivity contribution in [1.82, 2.24) is 0 Å². The molecule has 1 unspecified atom stereocenters. The van der Waals surface area contributed by atoms with E-state index in [1.807, 2.05) is 24.3 Å². The molecule has 0 radical (unpaired) electrons. The number of rotatable bonds is 2. The van der Waals surface area contributed by atoms with Gasteiger partial charge >= 0.3 is 5.97 Å². The van der Waals surface area contributed by atoms with Gasteiger partial charge in [-0.3, -0.25) is 4.79 Å². The molecule has 4 heteroatoms. The molecule has 2 rings (SSSR count). The van der Waals surface area contributed by atoms with Gasteiger partial charge in [-0.15, -0.1) is 11.8 Å². The summed E-state index contributed by atoms with van der Waals surface area (Å²) in [6.45, 7) is 0. The average Bonchev–Trinajstić information content (AvgIpc) is 2.29. The molecule has 0 N–H and O–H groups in total. The molecule has 1 aliphatic rings. The first-order valence-corrected chi connectivity index (χ1v) is 5.86. The third kappa shape index (κ3) is 2.45. The van der Waals surface area contributed by atoms with Gasteiger partial charge in [0.1, 0.15) is 11.9 Å². The largest absolute Gasteiger partial charge is 0.497 e. The Kier molecular flexibility index (Phi) is 3.16. The molecule has 1 saturated heterocycles. The lowest BCUT2D eigenvalue weighted by Gasteiger charge is -2.22. The minimum atomic E-state index is -0.132. The topological polar surface area (TPSA) is 35.5 Å². The summed E-state index contributed by atoms with van der Waals surface area (Å²) >= 11 is 1.61. The zero-order valence-corrected chi connectivity index (χ0v) is 9.25. The van der Waals surface area contributed by atoms with Crippen LogP contribution in [0.15, 0.2) is 24.3 Å². The molecular weight excluding hydrogens is 212 g/mol. The second-order valence-electron chi connectivity index (χ2n) is 3.27. The quantitative estimate of drug-likeness (QED) is 0.720. The van der Waals surface area contributed by atoms with Gasteiger partial charge in [0.15, 0.2) is 0 Å². The Morgan fingerprint density at radius 3 is 2.73 bits per heavy atom. The molecule has 1 heterocycles. The molecule has 1 aromatic rings. The summed E-state index contributed by atoms with van der Waals surface area (Å²) in [6.07, 6.45) is -0.109. The molecule has 1 aliphatic heterocycles. The van der Waals surface area contributed by atoms with Gasteiger partial charge in [0.05, 0.1) is 12.9 Å². The van der Waals surface area contributed by atoms with E-state index in [1.54, 1.807) is 18.9 Å². The molecule has 0 amide bonds. The maximum atomic E-state index is 11.1. The molecule has 0 aromatic heterocycles. The second kappa shape index (κ2) is 4.57. The predicted molar refractivity (Wildman–Crippen MR) is 59.2 cm³/mol. The van der Waals surface area contributed by atoms with Crippen molar-refractivity contribution in [2.24, 2.45) is 0 Å². The van der Waals surface area contributed by atoms with Crippen LogP contribution < -0.4 is 4.74 Å². The number of methoxy groups -OCH3 is 1. The zero-order chi connectivity index (χ0) is 10.7. The fraction of sp³-hybridized carbons (Fsp3) is 0.364. The minimum Gasteiger partial charge on any atom is -0.497 e. The number of ether oxygens (including phenoxy) is 2. The predicted octanol–water partition coefficient (Wildman–Crippen LogP) is 2.03. The van der Waals surface area contributed by atoms with E-state index in [0.29, 0.717) is 5.75 Å². The summed E-state index contributed by atoms with van der Waals surface area (Å²) < 4.78 is 10.3. The van der Waals surface area contributed by atoms with E-state index < -0.39 is 0 Å². The second-order valence-corrected chi connectivity index (χ2v) is 4.30. The number of thioether (sulfide) groups is 1. The number of carbonyl (C=O) groups is 1. The third-order valence-corrected chi connectivity index (χ3v) is 3.23. The summed E-state index contributed by atoms with van der Waals surface area (Å²) in [6, 6.07) is 7.62. The molecule has 0 saturated carbocycles. The van der Waals surface area contributed by atoms with Crippen LogP contribution in [0.4, 0.5) is 0 Å². The molecule has 15 heavy (non-hydrogen) atoms. The fourth-order valence-electron chi connectivity index (χ4n) is 1.46. The molecule has 0 bridgehead atoms. The normalized spacial score (nSPS) is 20.9. The van der Waals surface area contributed by atoms with Crippen molar-refractivity contribution in [2.75, 3.05) is 18.6 Å². The summed E-state index contributed by atoms with van der Waals surface area (Å²) in [7, 11) is 1.63. The van der Waals surface area contributed by atoms with Gasteiger partial charge in [-0.2, -0.15) is 0 Å². The Morgan fingerprint density at radius 2 is 2.13 bits per heavy atom. The number of carbonyl (C=O) groups excluding carboxylic acids is 1. The van der Waals surface area contributed by atoms with Crippen LogP contribution in [0.25, 0.3) is 0 Å². The van der Waals surface area contributed by atoms with Crippen LogP contribution in [0.2, 0.25) is 0 Å². The van der Waals surface area contributed by atoms with Crippen molar-refractivity contribution in [1.29, 1.82) is 0 Å². The Hall–Kier alpha value is -1.16. The van der Waals surface area contributed by atoms with Gasteiger partial charge in [0, 0.05) is 5.75 Å². The van der Waals surface area contributed by atoms with Crippen LogP contribution in [0.1, 0.15) is 11.7 Å². The highest BCUT2D eigenvalue weighted by Gasteiger charge is 2.22. The van der Waals surface area contributed by atoms with E-state index in [2.05, 4.69) is 0 Å². The number of hydrogen-bond acceptors (Lipinski definition) is 4. The third-order valence-electron chi connectivity index (χ3n) is 2.25. The Balaban J connectivity index is 2.11. The van der Waals surface area contributed by atoms with Crippen molar-refractivity contribution in [3.8, 4) is 5.75 Å². The van der Waals surface area contributed by atoms with Gasteiger partial charge in [-0.25, -0.2) is 0 Å². The molecule has 80 valence electrons. The Labute approximate surface area is 92.8 Å². The van der Waals surface area contributed by atoms with Gasteiger partial charge < -0.3 is 9.47 Å². The number of hydrogen-bond donors (Lipinski definition) is 0. The minimum absolute atomic E-state index is 0.109. The maximum Gasteiger partial charge on any atom is 0.316 e. The first-order valence-electron chi connectivity index (χ1n) is 4.71. The van der Waals surface area contributed by atoms with Crippen LogP contribution >= 0.6 is 11.8 Å². The highest BCUT2D eigenvalue weighted by Crippen LogP contribution is 2.28. The number of benzene rings is 1. The monoisotopic (exact) mass is 224 g/mol. The van der Waals surface area contributed by atoms with Crippen molar-refractivity contribution in [3.05, 3.63) is 29.8 Å². The maximum absolute atomic E-state index is 11.1. The van der Waals surface area contributed by atoms with Gasteiger partial charge in [-0.1, -0.05) is 12.1 Å². The Morgan fingerprint density at radius 1 is 1.40 bits per heavy atom. The highest BCUT2D eigenvalue weighted by molar-refractivity contribution is 8.00. The fourth-order valence-corrected chi connectivity index (χ4v) is 2.29. The van der Waals surface area contributed by atoms with Crippen LogP contribution in [0.3, 0.4) is 0 Å². The lowest BCUT2D eigenvalue weighted by atomic mass is 10.1. The molecule has 1 fully saturated rings. The molecular formula is C11H12O3S. The van der Waals surface area contributed by atoms with Gasteiger partial charge in [0.2, 0.25) is 0 Å². The van der Waals surface area contributed by atoms with Crippen molar-refractivity contribution >= 4 is 17.7 Å². The molecule has 1 atom stereocenters. The van der Waals surface area contributed by atoms with Gasteiger partial charge in [0.25, 0.3) is 0 Å². The van der Waals surface area contributed by atoms with Gasteiger partial charge in [-0.05, 0) is 17.7 Å². The Bertz CT molecular complexity index is 347. The molecule has 0 spiro atoms. The van der Waals surface area contributed by atoms with E-state index >= 15 is 0 Å². The van der Waals surface area contributed by atoms with Crippen molar-refractivity contribution in [2.45, 2.75) is 6.10 Å². The number of esters is 1. The first kappa shape index (κ1) is 10.4. The van der Waals surface area contributed by atoms with E-state index in [4.69, 9.17) is 9.47 Å². The average molecular weight is 224 g/mol. The molecule has 1 aromatic carbocycles. The van der Waals surface area contributed by atoms with Crippen LogP contribution in [0, 0.1) is 0 Å². The summed E-state index contributed by atoms with van der Waals surface area (Å²) in [5.74, 6) is 1.98. The highest BCUT2D eigenvalue weighted by atomic mass is 32.2. The van der Waals surface area contributed by atoms with E-state index in [9.17, 15) is 4.79 Å². The summed E-state index contributed by atoms with van der Waals surface area (Å²) in [5.41, 5.74) is 1.02. The summed E-state index contributed by atoms with van der Waals surface area (Å²) in [4.78, 5) is 11.1. The summed E-state index contributed by atoms with van der Waals surface area (Å²) in [5, 5.41) is 0. The number of cyclic esters (lactones) is 1. The smallest absolute Gasteiger partial charge is 0.316 e. The van der Waals surface area contributed by atoms with Crippen LogP contribution in [-0.2, 0) is 9.53 Å². The van der Waals surface area contributed by atoms with Crippen molar-refractivity contribution in [3.63, 3.8) is 0 Å². The van der Waals surface area contributed by atoms with Crippen LogP contribution in [0.5, 0.6) is 5.75 Å². The SMILES string of the molecule is COc1ccc(C2CSCC(=O)O2)cc1. The van der Waals surface area contributed by atoms with E-state index in [1.165, 1.54) is 0 Å². The van der Waals surface area contributed by atoms with E-state index in [-0.39, 0.29) is 12.1 Å². The lowest BCUT2D eigenvalue weighted by molar-refractivity contribution is -0.145. The standard InChI is InChI=1S/C11H12O3S/c1-13-9-4-2-8(3-5-9)10-6-15-7-11(12)14-10/h2-5,10H,6-7H2,1H3.